The molecule has 1 aromatic heterocycles. The van der Waals surface area contributed by atoms with E-state index in [-0.39, 0.29) is 12.0 Å². The molecule has 6 nitrogen and oxygen atoms in total. The predicted molar refractivity (Wildman–Crippen MR) is 129 cm³/mol. The van der Waals surface area contributed by atoms with Crippen LogP contribution in [0, 0.1) is 0 Å². The summed E-state index contributed by atoms with van der Waals surface area (Å²) in [5.41, 5.74) is 2.93. The van der Waals surface area contributed by atoms with Crippen molar-refractivity contribution in [3.8, 4) is 0 Å². The number of amides is 1. The number of hydrogen-bond donors (Lipinski definition) is 1. The Kier molecular flexibility index (Phi) is 8.03. The van der Waals surface area contributed by atoms with Crippen molar-refractivity contribution >= 4 is 23.5 Å². The number of hydrogen-bond acceptors (Lipinski definition) is 6. The Labute approximate surface area is 195 Å². The normalized spacial score (nSPS) is 21.0. The first-order valence-corrected chi connectivity index (χ1v) is 12.9. The van der Waals surface area contributed by atoms with E-state index in [0.717, 1.165) is 60.4 Å². The molecule has 7 heteroatoms. The van der Waals surface area contributed by atoms with E-state index < -0.39 is 0 Å². The molecule has 4 rings (SSSR count). The summed E-state index contributed by atoms with van der Waals surface area (Å²) in [6.07, 6.45) is 6.92. The first kappa shape index (κ1) is 23.1. The van der Waals surface area contributed by atoms with Gasteiger partial charge in [0.2, 0.25) is 0 Å². The van der Waals surface area contributed by atoms with Crippen molar-refractivity contribution in [3.05, 3.63) is 47.2 Å². The molecule has 2 aromatic rings. The van der Waals surface area contributed by atoms with Crippen molar-refractivity contribution < 1.29 is 9.53 Å². The molecule has 0 spiro atoms. The second-order valence-electron chi connectivity index (χ2n) is 8.72. The zero-order chi connectivity index (χ0) is 22.3. The Hall–Kier alpha value is -2.12. The summed E-state index contributed by atoms with van der Waals surface area (Å²) >= 11 is 1.66. The zero-order valence-corrected chi connectivity index (χ0v) is 20.0. The van der Waals surface area contributed by atoms with Gasteiger partial charge in [-0.3, -0.25) is 4.79 Å². The fourth-order valence-corrected chi connectivity index (χ4v) is 5.13. The number of carbonyl (C=O) groups is 1. The summed E-state index contributed by atoms with van der Waals surface area (Å²) in [7, 11) is 0. The molecular weight excluding hydrogens is 420 g/mol. The van der Waals surface area contributed by atoms with Crippen LogP contribution in [0.15, 0.2) is 35.5 Å². The number of benzene rings is 1. The summed E-state index contributed by atoms with van der Waals surface area (Å²) in [5.74, 6) is 1.80. The topological polar surface area (TPSA) is 67.4 Å². The summed E-state index contributed by atoms with van der Waals surface area (Å²) < 4.78 is 5.57. The number of nitrogens with zero attached hydrogens (tertiary/aromatic N) is 3. The van der Waals surface area contributed by atoms with Gasteiger partial charge in [0.05, 0.1) is 6.10 Å². The lowest BCUT2D eigenvalue weighted by molar-refractivity contribution is 0.0858. The number of nitrogens with one attached hydrogen (secondary N) is 1. The molecule has 1 amide bonds. The van der Waals surface area contributed by atoms with Gasteiger partial charge in [0.1, 0.15) is 5.82 Å². The maximum atomic E-state index is 12.4. The fraction of sp³-hybridized carbons (Fsp3) is 0.560. The highest BCUT2D eigenvalue weighted by Gasteiger charge is 2.21. The van der Waals surface area contributed by atoms with Crippen LogP contribution in [-0.4, -0.2) is 47.7 Å². The van der Waals surface area contributed by atoms with Crippen molar-refractivity contribution in [2.45, 2.75) is 75.4 Å². The average Bonchev–Trinajstić information content (AvgIpc) is 3.35. The van der Waals surface area contributed by atoms with Gasteiger partial charge >= 0.3 is 0 Å². The largest absolute Gasteiger partial charge is 0.376 e. The maximum Gasteiger partial charge on any atom is 0.251 e. The molecule has 1 aromatic carbocycles. The van der Waals surface area contributed by atoms with Gasteiger partial charge in [-0.05, 0) is 63.1 Å². The molecule has 0 aliphatic carbocycles. The highest BCUT2D eigenvalue weighted by atomic mass is 32.2. The molecule has 2 fully saturated rings. The minimum absolute atomic E-state index is 0.0426. The van der Waals surface area contributed by atoms with Gasteiger partial charge in [-0.1, -0.05) is 30.8 Å². The smallest absolute Gasteiger partial charge is 0.251 e. The Morgan fingerprint density at radius 1 is 1.19 bits per heavy atom. The van der Waals surface area contributed by atoms with Crippen molar-refractivity contribution in [1.29, 1.82) is 0 Å². The van der Waals surface area contributed by atoms with Crippen molar-refractivity contribution in [2.75, 3.05) is 24.6 Å². The van der Waals surface area contributed by atoms with Crippen LogP contribution in [-0.2, 0) is 16.9 Å². The SMILES string of the molecule is CCc1cc(N2CCCCC2C)nc(SCc2ccc(C(=O)NCC3CCCO3)cc2)n1. The zero-order valence-electron chi connectivity index (χ0n) is 19.2. The monoisotopic (exact) mass is 454 g/mol. The number of aryl methyl sites for hydroxylation is 1. The molecule has 2 aliphatic heterocycles. The van der Waals surface area contributed by atoms with Crippen LogP contribution in [0.4, 0.5) is 5.82 Å². The van der Waals surface area contributed by atoms with Crippen LogP contribution in [0.3, 0.4) is 0 Å². The van der Waals surface area contributed by atoms with Gasteiger partial charge in [-0.15, -0.1) is 0 Å². The lowest BCUT2D eigenvalue weighted by Gasteiger charge is -2.34. The van der Waals surface area contributed by atoms with Crippen molar-refractivity contribution in [3.63, 3.8) is 0 Å². The Bertz CT molecular complexity index is 899. The third-order valence-corrected chi connectivity index (χ3v) is 7.22. The minimum atomic E-state index is -0.0426. The van der Waals surface area contributed by atoms with Gasteiger partial charge < -0.3 is 15.0 Å². The number of rotatable bonds is 8. The number of piperidine rings is 1. The van der Waals surface area contributed by atoms with E-state index >= 15 is 0 Å². The molecule has 32 heavy (non-hydrogen) atoms. The summed E-state index contributed by atoms with van der Waals surface area (Å²) in [4.78, 5) is 24.4. The molecule has 2 saturated heterocycles. The van der Waals surface area contributed by atoms with E-state index in [2.05, 4.69) is 30.1 Å². The quantitative estimate of drug-likeness (QED) is 0.464. The summed E-state index contributed by atoms with van der Waals surface area (Å²) in [5, 5.41) is 3.81. The van der Waals surface area contributed by atoms with E-state index in [4.69, 9.17) is 14.7 Å². The van der Waals surface area contributed by atoms with Crippen LogP contribution in [0.5, 0.6) is 0 Å². The van der Waals surface area contributed by atoms with Crippen LogP contribution in [0.1, 0.15) is 67.6 Å². The molecule has 0 radical (unpaired) electrons. The lowest BCUT2D eigenvalue weighted by atomic mass is 10.0. The van der Waals surface area contributed by atoms with Gasteiger partial charge in [-0.2, -0.15) is 0 Å². The number of aromatic nitrogens is 2. The first-order chi connectivity index (χ1) is 15.6. The van der Waals surface area contributed by atoms with Gasteiger partial charge in [0.15, 0.2) is 5.16 Å². The molecule has 0 saturated carbocycles. The predicted octanol–water partition coefficient (Wildman–Crippen LogP) is 4.62. The van der Waals surface area contributed by atoms with E-state index in [0.29, 0.717) is 18.2 Å². The third-order valence-electron chi connectivity index (χ3n) is 6.30. The number of carbonyl (C=O) groups excluding carboxylic acids is 1. The van der Waals surface area contributed by atoms with Gasteiger partial charge in [-0.25, -0.2) is 9.97 Å². The van der Waals surface area contributed by atoms with E-state index in [9.17, 15) is 4.79 Å². The fourth-order valence-electron chi connectivity index (χ4n) is 4.30. The second-order valence-corrected chi connectivity index (χ2v) is 9.66. The standard InChI is InChI=1S/C25H34N4O2S/c1-3-21-15-23(29-13-5-4-7-18(29)2)28-25(27-21)32-17-19-9-11-20(12-10-19)24(30)26-16-22-8-6-14-31-22/h9-12,15,18,22H,3-8,13-14,16-17H2,1-2H3,(H,26,30). The highest BCUT2D eigenvalue weighted by molar-refractivity contribution is 7.98. The van der Waals surface area contributed by atoms with Gasteiger partial charge in [0.25, 0.3) is 5.91 Å². The van der Waals surface area contributed by atoms with E-state index in [1.807, 2.05) is 24.3 Å². The molecule has 2 aliphatic rings. The van der Waals surface area contributed by atoms with Crippen LogP contribution in [0.2, 0.25) is 0 Å². The van der Waals surface area contributed by atoms with Crippen molar-refractivity contribution in [1.82, 2.24) is 15.3 Å². The highest BCUT2D eigenvalue weighted by Crippen LogP contribution is 2.27. The van der Waals surface area contributed by atoms with Gasteiger partial charge in [0, 0.05) is 48.8 Å². The minimum Gasteiger partial charge on any atom is -0.376 e. The Morgan fingerprint density at radius 3 is 2.75 bits per heavy atom. The van der Waals surface area contributed by atoms with Crippen LogP contribution in [0.25, 0.3) is 0 Å². The van der Waals surface area contributed by atoms with Crippen LogP contribution < -0.4 is 10.2 Å². The molecule has 2 atom stereocenters. The van der Waals surface area contributed by atoms with E-state index in [1.54, 1.807) is 11.8 Å². The first-order valence-electron chi connectivity index (χ1n) is 11.9. The van der Waals surface area contributed by atoms with E-state index in [1.165, 1.54) is 19.3 Å². The number of anilines is 1. The number of ether oxygens (including phenoxy) is 1. The molecule has 0 bridgehead atoms. The lowest BCUT2D eigenvalue weighted by Crippen LogP contribution is -2.38. The van der Waals surface area contributed by atoms with Crippen LogP contribution >= 0.6 is 11.8 Å². The Balaban J connectivity index is 1.35. The average molecular weight is 455 g/mol. The summed E-state index contributed by atoms with van der Waals surface area (Å²) in [6, 6.07) is 10.5. The molecule has 3 heterocycles. The Morgan fingerprint density at radius 2 is 2.03 bits per heavy atom. The third kappa shape index (κ3) is 6.01. The molecule has 2 unspecified atom stereocenters. The molecule has 172 valence electrons. The molecule has 1 N–H and O–H groups in total. The summed E-state index contributed by atoms with van der Waals surface area (Å²) in [6.45, 7) is 6.89. The van der Waals surface area contributed by atoms with Crippen molar-refractivity contribution in [2.24, 2.45) is 0 Å². The second kappa shape index (κ2) is 11.1. The maximum absolute atomic E-state index is 12.4. The number of thioether (sulfide) groups is 1. The molecular formula is C25H34N4O2S.